The lowest BCUT2D eigenvalue weighted by molar-refractivity contribution is 0.0695. The van der Waals surface area contributed by atoms with Gasteiger partial charge in [-0.2, -0.15) is 0 Å². The van der Waals surface area contributed by atoms with Crippen molar-refractivity contribution in [2.75, 3.05) is 5.32 Å². The normalized spacial score (nSPS) is 10.1. The summed E-state index contributed by atoms with van der Waals surface area (Å²) in [5, 5.41) is 11.5. The number of carboxylic acid groups (broad SMARTS) is 1. The number of nitrogens with one attached hydrogen (secondary N) is 1. The zero-order valence-electron chi connectivity index (χ0n) is 9.51. The number of carbonyl (C=O) groups is 1. The van der Waals surface area contributed by atoms with Crippen LogP contribution in [0.25, 0.3) is 0 Å². The number of aryl methyl sites for hydroxylation is 1. The Balaban J connectivity index is 2.29. The fraction of sp³-hybridized carbons (Fsp3) is 0.0833. The molecule has 1 aromatic carbocycles. The third-order valence-corrected chi connectivity index (χ3v) is 2.33. The number of hydrogen-bond acceptors (Lipinski definition) is 4. The molecular weight excluding hydrogens is 237 g/mol. The second-order valence-electron chi connectivity index (χ2n) is 3.60. The fourth-order valence-electron chi connectivity index (χ4n) is 1.42. The van der Waals surface area contributed by atoms with E-state index in [-0.39, 0.29) is 17.2 Å². The van der Waals surface area contributed by atoms with E-state index in [2.05, 4.69) is 15.3 Å². The molecule has 2 N–H and O–H groups in total. The van der Waals surface area contributed by atoms with E-state index in [0.717, 1.165) is 0 Å². The predicted molar refractivity (Wildman–Crippen MR) is 63.4 cm³/mol. The van der Waals surface area contributed by atoms with Crippen LogP contribution < -0.4 is 5.32 Å². The molecule has 2 rings (SSSR count). The first kappa shape index (κ1) is 12.0. The Morgan fingerprint density at radius 1 is 1.39 bits per heavy atom. The second kappa shape index (κ2) is 4.79. The Kier molecular flexibility index (Phi) is 3.18. The van der Waals surface area contributed by atoms with E-state index in [1.807, 2.05) is 0 Å². The summed E-state index contributed by atoms with van der Waals surface area (Å²) in [5.74, 6) is -1.37. The maximum atomic E-state index is 13.4. The number of rotatable bonds is 3. The van der Waals surface area contributed by atoms with Crippen LogP contribution in [0.1, 0.15) is 16.1 Å². The molecule has 0 aliphatic rings. The van der Waals surface area contributed by atoms with Gasteiger partial charge in [-0.1, -0.05) is 12.1 Å². The van der Waals surface area contributed by atoms with Crippen molar-refractivity contribution in [2.24, 2.45) is 0 Å². The number of aromatic carboxylic acids is 1. The molecule has 1 aromatic heterocycles. The number of aromatic nitrogens is 2. The van der Waals surface area contributed by atoms with Crippen LogP contribution in [-0.4, -0.2) is 21.0 Å². The van der Waals surface area contributed by atoms with E-state index >= 15 is 0 Å². The predicted octanol–water partition coefficient (Wildman–Crippen LogP) is 2.37. The second-order valence-corrected chi connectivity index (χ2v) is 3.60. The van der Waals surface area contributed by atoms with Crippen LogP contribution in [0.4, 0.5) is 16.0 Å². The molecule has 0 spiro atoms. The van der Waals surface area contributed by atoms with Gasteiger partial charge in [0.25, 0.3) is 0 Å². The largest absolute Gasteiger partial charge is 0.478 e. The highest BCUT2D eigenvalue weighted by Gasteiger charge is 2.10. The van der Waals surface area contributed by atoms with Crippen molar-refractivity contribution in [3.63, 3.8) is 0 Å². The van der Waals surface area contributed by atoms with Crippen LogP contribution in [-0.2, 0) is 0 Å². The fourth-order valence-corrected chi connectivity index (χ4v) is 1.42. The number of anilines is 2. The third kappa shape index (κ3) is 2.42. The van der Waals surface area contributed by atoms with Gasteiger partial charge in [0.1, 0.15) is 5.82 Å². The molecule has 0 saturated carbocycles. The lowest BCUT2D eigenvalue weighted by Crippen LogP contribution is -2.06. The number of carboxylic acids is 1. The molecule has 0 amide bonds. The topological polar surface area (TPSA) is 75.1 Å². The molecule has 2 aromatic rings. The average Bonchev–Trinajstić information content (AvgIpc) is 2.32. The molecule has 0 radical (unpaired) electrons. The Morgan fingerprint density at radius 3 is 2.72 bits per heavy atom. The minimum Gasteiger partial charge on any atom is -0.478 e. The van der Waals surface area contributed by atoms with Crippen molar-refractivity contribution in [1.82, 2.24) is 9.97 Å². The lowest BCUT2D eigenvalue weighted by atomic mass is 10.2. The van der Waals surface area contributed by atoms with Gasteiger partial charge < -0.3 is 10.4 Å². The molecule has 6 heteroatoms. The summed E-state index contributed by atoms with van der Waals surface area (Å²) in [7, 11) is 0. The van der Waals surface area contributed by atoms with Crippen molar-refractivity contribution < 1.29 is 14.3 Å². The Bertz CT molecular complexity index is 602. The van der Waals surface area contributed by atoms with Crippen molar-refractivity contribution in [3.8, 4) is 0 Å². The summed E-state index contributed by atoms with van der Waals surface area (Å²) in [6, 6.07) is 6.09. The molecule has 0 bridgehead atoms. The van der Waals surface area contributed by atoms with Crippen molar-refractivity contribution in [2.45, 2.75) is 6.92 Å². The maximum Gasteiger partial charge on any atom is 0.339 e. The maximum absolute atomic E-state index is 13.4. The van der Waals surface area contributed by atoms with E-state index in [9.17, 15) is 9.18 Å². The first-order valence-electron chi connectivity index (χ1n) is 5.16. The van der Waals surface area contributed by atoms with Crippen molar-refractivity contribution in [3.05, 3.63) is 47.5 Å². The summed E-state index contributed by atoms with van der Waals surface area (Å²) in [6.45, 7) is 1.55. The Morgan fingerprint density at radius 2 is 2.11 bits per heavy atom. The van der Waals surface area contributed by atoms with Gasteiger partial charge in [-0.25, -0.2) is 19.2 Å². The van der Waals surface area contributed by atoms with E-state index < -0.39 is 11.8 Å². The highest BCUT2D eigenvalue weighted by molar-refractivity contribution is 5.88. The minimum absolute atomic E-state index is 0.0223. The summed E-state index contributed by atoms with van der Waals surface area (Å²) >= 11 is 0. The van der Waals surface area contributed by atoms with Crippen LogP contribution in [0.3, 0.4) is 0 Å². The first-order chi connectivity index (χ1) is 8.58. The van der Waals surface area contributed by atoms with Crippen LogP contribution in [0.15, 0.2) is 30.5 Å². The Hall–Kier alpha value is -2.50. The summed E-state index contributed by atoms with van der Waals surface area (Å²) in [5.41, 5.74) is 0.574. The Labute approximate surface area is 102 Å². The lowest BCUT2D eigenvalue weighted by Gasteiger charge is -2.07. The molecule has 1 heterocycles. The van der Waals surface area contributed by atoms with Crippen molar-refractivity contribution in [1.29, 1.82) is 0 Å². The number of nitrogens with zero attached hydrogens (tertiary/aromatic N) is 2. The molecule has 92 valence electrons. The summed E-state index contributed by atoms with van der Waals surface area (Å²) in [6.07, 6.45) is 1.19. The van der Waals surface area contributed by atoms with Gasteiger partial charge in [0.05, 0.1) is 16.9 Å². The smallest absolute Gasteiger partial charge is 0.339 e. The number of para-hydroxylation sites is 1. The average molecular weight is 247 g/mol. The molecule has 0 fully saturated rings. The number of benzene rings is 1. The molecule has 5 nitrogen and oxygen atoms in total. The molecule has 0 aliphatic heterocycles. The number of hydrogen-bond donors (Lipinski definition) is 2. The highest BCUT2D eigenvalue weighted by Crippen LogP contribution is 2.17. The molecule has 0 saturated heterocycles. The van der Waals surface area contributed by atoms with Gasteiger partial charge in [0.2, 0.25) is 5.95 Å². The molecule has 0 atom stereocenters. The van der Waals surface area contributed by atoms with Gasteiger partial charge in [-0.15, -0.1) is 0 Å². The molecule has 18 heavy (non-hydrogen) atoms. The zero-order chi connectivity index (χ0) is 13.1. The van der Waals surface area contributed by atoms with Gasteiger partial charge >= 0.3 is 5.97 Å². The minimum atomic E-state index is -1.09. The van der Waals surface area contributed by atoms with E-state index in [1.165, 1.54) is 12.3 Å². The standard InChI is InChI=1S/C12H10FN3O2/c1-7-8(11(17)18)6-14-12(15-7)16-10-5-3-2-4-9(10)13/h2-6H,1H3,(H,17,18)(H,14,15,16). The van der Waals surface area contributed by atoms with Gasteiger partial charge in [-0.05, 0) is 19.1 Å². The van der Waals surface area contributed by atoms with Crippen LogP contribution in [0, 0.1) is 12.7 Å². The first-order valence-corrected chi connectivity index (χ1v) is 5.16. The SMILES string of the molecule is Cc1nc(Nc2ccccc2F)ncc1C(=O)O. The van der Waals surface area contributed by atoms with E-state index in [0.29, 0.717) is 5.69 Å². The summed E-state index contributed by atoms with van der Waals surface area (Å²) in [4.78, 5) is 18.6. The summed E-state index contributed by atoms with van der Waals surface area (Å²) < 4.78 is 13.4. The molecular formula is C12H10FN3O2. The number of halogens is 1. The van der Waals surface area contributed by atoms with Crippen LogP contribution >= 0.6 is 0 Å². The highest BCUT2D eigenvalue weighted by atomic mass is 19.1. The van der Waals surface area contributed by atoms with Crippen LogP contribution in [0.5, 0.6) is 0 Å². The zero-order valence-corrected chi connectivity index (χ0v) is 9.51. The van der Waals surface area contributed by atoms with E-state index in [1.54, 1.807) is 25.1 Å². The van der Waals surface area contributed by atoms with E-state index in [4.69, 9.17) is 5.11 Å². The quantitative estimate of drug-likeness (QED) is 0.870. The van der Waals surface area contributed by atoms with Crippen LogP contribution in [0.2, 0.25) is 0 Å². The monoisotopic (exact) mass is 247 g/mol. The third-order valence-electron chi connectivity index (χ3n) is 2.33. The molecule has 0 unspecified atom stereocenters. The van der Waals surface area contributed by atoms with Gasteiger partial charge in [0.15, 0.2) is 0 Å². The molecule has 0 aliphatic carbocycles. The van der Waals surface area contributed by atoms with Gasteiger partial charge in [0, 0.05) is 6.20 Å². The van der Waals surface area contributed by atoms with Crippen molar-refractivity contribution >= 4 is 17.6 Å². The van der Waals surface area contributed by atoms with Gasteiger partial charge in [-0.3, -0.25) is 0 Å².